The Morgan fingerprint density at radius 3 is 2.28 bits per heavy atom. The minimum absolute atomic E-state index is 0.0726. The van der Waals surface area contributed by atoms with Gasteiger partial charge in [-0.15, -0.1) is 0 Å². The van der Waals surface area contributed by atoms with E-state index in [4.69, 9.17) is 17.0 Å². The smallest absolute Gasteiger partial charge is 0.270 e. The number of hydrogen-bond acceptors (Lipinski definition) is 4. The number of anilines is 1. The molecule has 1 saturated heterocycles. The highest BCUT2D eigenvalue weighted by molar-refractivity contribution is 7.80. The average molecular weight is 544 g/mol. The zero-order valence-corrected chi connectivity index (χ0v) is 21.9. The van der Waals surface area contributed by atoms with Gasteiger partial charge in [-0.3, -0.25) is 19.8 Å². The van der Waals surface area contributed by atoms with Crippen molar-refractivity contribution < 1.29 is 23.1 Å². The fourth-order valence-corrected chi connectivity index (χ4v) is 4.72. The van der Waals surface area contributed by atoms with Gasteiger partial charge in [-0.2, -0.15) is 0 Å². The molecule has 1 aliphatic rings. The van der Waals surface area contributed by atoms with Gasteiger partial charge in [0.1, 0.15) is 29.6 Å². The third-order valence-corrected chi connectivity index (χ3v) is 6.69. The largest absolute Gasteiger partial charge is 0.489 e. The Morgan fingerprint density at radius 1 is 0.923 bits per heavy atom. The molecule has 5 rings (SSSR count). The number of hydrogen-bond donors (Lipinski definition) is 1. The molecule has 3 aromatic carbocycles. The predicted octanol–water partition coefficient (Wildman–Crippen LogP) is 5.78. The molecule has 1 N–H and O–H groups in total. The number of ether oxygens (including phenoxy) is 1. The fraction of sp³-hybridized carbons (Fsp3) is 0.100. The molecule has 1 aliphatic heterocycles. The first kappa shape index (κ1) is 26.0. The second-order valence-electron chi connectivity index (χ2n) is 8.97. The number of nitrogens with zero attached hydrogens (tertiary/aromatic N) is 2. The lowest BCUT2D eigenvalue weighted by molar-refractivity contribution is -0.122. The Bertz CT molecular complexity index is 1630. The third kappa shape index (κ3) is 5.21. The maximum Gasteiger partial charge on any atom is 0.270 e. The van der Waals surface area contributed by atoms with Crippen LogP contribution < -0.4 is 15.0 Å². The average Bonchev–Trinajstić information content (AvgIpc) is 3.19. The monoisotopic (exact) mass is 543 g/mol. The van der Waals surface area contributed by atoms with Crippen LogP contribution in [0.2, 0.25) is 0 Å². The van der Waals surface area contributed by atoms with Crippen LogP contribution in [-0.2, 0) is 16.2 Å². The zero-order chi connectivity index (χ0) is 27.7. The van der Waals surface area contributed by atoms with Crippen molar-refractivity contribution in [2.45, 2.75) is 20.5 Å². The first-order chi connectivity index (χ1) is 18.7. The SMILES string of the molecule is Cc1cc(/C=C2/C(=O)NC(=S)N(c3ccc(F)cc3)C2=O)c(C)n1-c1ccc(OCc2ccccc2F)cc1. The van der Waals surface area contributed by atoms with Crippen molar-refractivity contribution in [1.82, 2.24) is 9.88 Å². The minimum Gasteiger partial charge on any atom is -0.489 e. The van der Waals surface area contributed by atoms with E-state index in [1.165, 1.54) is 41.3 Å². The summed E-state index contributed by atoms with van der Waals surface area (Å²) in [6.07, 6.45) is 1.53. The van der Waals surface area contributed by atoms with Crippen molar-refractivity contribution in [2.75, 3.05) is 4.90 Å². The zero-order valence-electron chi connectivity index (χ0n) is 21.1. The van der Waals surface area contributed by atoms with Gasteiger partial charge in [0.2, 0.25) is 0 Å². The summed E-state index contributed by atoms with van der Waals surface area (Å²) in [6.45, 7) is 3.91. The summed E-state index contributed by atoms with van der Waals surface area (Å²) >= 11 is 5.21. The molecule has 2 heterocycles. The molecule has 0 aliphatic carbocycles. The van der Waals surface area contributed by atoms with Crippen LogP contribution in [0.1, 0.15) is 22.5 Å². The Labute approximate surface area is 229 Å². The molecule has 2 amide bonds. The highest BCUT2D eigenvalue weighted by Gasteiger charge is 2.34. The van der Waals surface area contributed by atoms with E-state index in [1.807, 2.05) is 36.6 Å². The van der Waals surface area contributed by atoms with Crippen LogP contribution in [0.25, 0.3) is 11.8 Å². The lowest BCUT2D eigenvalue weighted by atomic mass is 10.1. The van der Waals surface area contributed by atoms with Crippen LogP contribution >= 0.6 is 12.2 Å². The molecule has 0 bridgehead atoms. The van der Waals surface area contributed by atoms with Crippen LogP contribution in [0, 0.1) is 25.5 Å². The van der Waals surface area contributed by atoms with Gasteiger partial charge in [0.15, 0.2) is 5.11 Å². The van der Waals surface area contributed by atoms with Gasteiger partial charge < -0.3 is 9.30 Å². The predicted molar refractivity (Wildman–Crippen MR) is 149 cm³/mol. The van der Waals surface area contributed by atoms with Crippen molar-refractivity contribution in [2.24, 2.45) is 0 Å². The number of aromatic nitrogens is 1. The van der Waals surface area contributed by atoms with Crippen molar-refractivity contribution >= 4 is 40.9 Å². The Hall–Kier alpha value is -4.63. The van der Waals surface area contributed by atoms with E-state index in [0.29, 0.717) is 22.6 Å². The maximum atomic E-state index is 13.9. The van der Waals surface area contributed by atoms with Gasteiger partial charge in [0.05, 0.1) is 5.69 Å². The standard InChI is InChI=1S/C30H23F2N3O3S/c1-18-15-21(16-26-28(36)33-30(39)35(29(26)37)24-9-7-22(31)8-10-24)19(2)34(18)23-11-13-25(14-12-23)38-17-20-5-3-4-6-27(20)32/h3-16H,17H2,1-2H3,(H,33,36,39)/b26-16-. The summed E-state index contributed by atoms with van der Waals surface area (Å²) < 4.78 is 35.0. The van der Waals surface area contributed by atoms with Crippen LogP contribution in [0.3, 0.4) is 0 Å². The molecule has 1 aromatic heterocycles. The first-order valence-corrected chi connectivity index (χ1v) is 12.5. The number of carbonyl (C=O) groups is 2. The van der Waals surface area contributed by atoms with Crippen LogP contribution in [-0.4, -0.2) is 21.5 Å². The molecule has 0 spiro atoms. The van der Waals surface area contributed by atoms with Crippen LogP contribution in [0.15, 0.2) is 84.4 Å². The number of amides is 2. The molecule has 0 atom stereocenters. The van der Waals surface area contributed by atoms with E-state index >= 15 is 0 Å². The van der Waals surface area contributed by atoms with E-state index in [-0.39, 0.29) is 23.1 Å². The Morgan fingerprint density at radius 2 is 1.59 bits per heavy atom. The first-order valence-electron chi connectivity index (χ1n) is 12.1. The van der Waals surface area contributed by atoms with Crippen molar-refractivity contribution in [3.63, 3.8) is 0 Å². The highest BCUT2D eigenvalue weighted by Crippen LogP contribution is 2.27. The lowest BCUT2D eigenvalue weighted by Crippen LogP contribution is -2.54. The van der Waals surface area contributed by atoms with Crippen LogP contribution in [0.5, 0.6) is 5.75 Å². The van der Waals surface area contributed by atoms with Crippen molar-refractivity contribution in [1.29, 1.82) is 0 Å². The lowest BCUT2D eigenvalue weighted by Gasteiger charge is -2.28. The molecular formula is C30H23F2N3O3S. The number of aryl methyl sites for hydroxylation is 1. The molecule has 196 valence electrons. The number of nitrogens with one attached hydrogen (secondary N) is 1. The maximum absolute atomic E-state index is 13.9. The van der Waals surface area contributed by atoms with E-state index in [2.05, 4.69) is 5.32 Å². The molecule has 9 heteroatoms. The van der Waals surface area contributed by atoms with Gasteiger partial charge in [0, 0.05) is 22.6 Å². The van der Waals surface area contributed by atoms with Gasteiger partial charge in [-0.1, -0.05) is 18.2 Å². The third-order valence-electron chi connectivity index (χ3n) is 6.40. The van der Waals surface area contributed by atoms with Crippen LogP contribution in [0.4, 0.5) is 14.5 Å². The second-order valence-corrected chi connectivity index (χ2v) is 9.36. The summed E-state index contributed by atoms with van der Waals surface area (Å²) in [4.78, 5) is 27.2. The van der Waals surface area contributed by atoms with Crippen molar-refractivity contribution in [3.05, 3.63) is 119 Å². The molecule has 39 heavy (non-hydrogen) atoms. The summed E-state index contributed by atoms with van der Waals surface area (Å²) in [6, 6.07) is 21.0. The van der Waals surface area contributed by atoms with Gasteiger partial charge >= 0.3 is 0 Å². The number of rotatable bonds is 6. The summed E-state index contributed by atoms with van der Waals surface area (Å²) in [7, 11) is 0. The van der Waals surface area contributed by atoms with E-state index in [1.54, 1.807) is 30.3 Å². The summed E-state index contributed by atoms with van der Waals surface area (Å²) in [5, 5.41) is 2.47. The van der Waals surface area contributed by atoms with E-state index in [9.17, 15) is 18.4 Å². The van der Waals surface area contributed by atoms with Gasteiger partial charge in [-0.25, -0.2) is 8.78 Å². The molecule has 0 unspecified atom stereocenters. The second kappa shape index (κ2) is 10.6. The number of benzene rings is 3. The number of halogens is 2. The van der Waals surface area contributed by atoms with Gasteiger partial charge in [-0.05, 0) is 98.4 Å². The Kier molecular flexibility index (Phi) is 7.08. The summed E-state index contributed by atoms with van der Waals surface area (Å²) in [5.74, 6) is -1.39. The molecule has 0 saturated carbocycles. The number of carbonyl (C=O) groups excluding carboxylic acids is 2. The highest BCUT2D eigenvalue weighted by atomic mass is 32.1. The van der Waals surface area contributed by atoms with E-state index in [0.717, 1.165) is 17.1 Å². The molecule has 4 aromatic rings. The minimum atomic E-state index is -0.607. The van der Waals surface area contributed by atoms with Crippen molar-refractivity contribution in [3.8, 4) is 11.4 Å². The molecule has 6 nitrogen and oxygen atoms in total. The molecular weight excluding hydrogens is 520 g/mol. The molecule has 0 radical (unpaired) electrons. The Balaban J connectivity index is 1.40. The van der Waals surface area contributed by atoms with Gasteiger partial charge in [0.25, 0.3) is 11.8 Å². The quantitative estimate of drug-likeness (QED) is 0.190. The normalized spacial score (nSPS) is 14.6. The topological polar surface area (TPSA) is 63.6 Å². The number of thiocarbonyl (C=S) groups is 1. The molecule has 1 fully saturated rings. The van der Waals surface area contributed by atoms with E-state index < -0.39 is 17.6 Å². The summed E-state index contributed by atoms with van der Waals surface area (Å²) in [5.41, 5.74) is 3.94. The fourth-order valence-electron chi connectivity index (χ4n) is 4.44.